The monoisotopic (exact) mass is 491 g/mol. The Hall–Kier alpha value is -3.29. The number of aryl methyl sites for hydroxylation is 2. The van der Waals surface area contributed by atoms with E-state index in [1.807, 2.05) is 56.3 Å². The summed E-state index contributed by atoms with van der Waals surface area (Å²) in [5.74, 6) is -0.615. The molecule has 1 fully saturated rings. The molecule has 0 unspecified atom stereocenters. The lowest BCUT2D eigenvalue weighted by Gasteiger charge is -2.33. The van der Waals surface area contributed by atoms with Gasteiger partial charge in [-0.25, -0.2) is 0 Å². The van der Waals surface area contributed by atoms with Gasteiger partial charge in [0.2, 0.25) is 16.7 Å². The van der Waals surface area contributed by atoms with Gasteiger partial charge in [-0.2, -0.15) is 0 Å². The lowest BCUT2D eigenvalue weighted by atomic mass is 10.0. The Kier molecular flexibility index (Phi) is 5.62. The molecule has 0 aromatic heterocycles. The minimum absolute atomic E-state index is 0.137. The lowest BCUT2D eigenvalue weighted by molar-refractivity contribution is -0.124. The molecular formula is C26H22ClN3O3S. The summed E-state index contributed by atoms with van der Waals surface area (Å²) >= 11 is 7.32. The number of hydrogen-bond acceptors (Lipinski definition) is 4. The summed E-state index contributed by atoms with van der Waals surface area (Å²) in [7, 11) is 0. The highest BCUT2D eigenvalue weighted by atomic mass is 35.5. The molecule has 2 aliphatic heterocycles. The molecule has 2 heterocycles. The highest BCUT2D eigenvalue weighted by Crippen LogP contribution is 2.55. The first-order valence-corrected chi connectivity index (χ1v) is 12.2. The number of hydrogen-bond donors (Lipinski definition) is 1. The van der Waals surface area contributed by atoms with Crippen molar-refractivity contribution in [1.82, 2.24) is 0 Å². The van der Waals surface area contributed by atoms with E-state index in [1.165, 1.54) is 16.7 Å². The number of anilines is 3. The molecule has 0 saturated carbocycles. The zero-order valence-electron chi connectivity index (χ0n) is 18.7. The van der Waals surface area contributed by atoms with Crippen molar-refractivity contribution in [1.29, 1.82) is 0 Å². The second kappa shape index (κ2) is 8.49. The van der Waals surface area contributed by atoms with Gasteiger partial charge in [0.05, 0.1) is 11.4 Å². The predicted molar refractivity (Wildman–Crippen MR) is 136 cm³/mol. The van der Waals surface area contributed by atoms with Crippen LogP contribution in [0.15, 0.2) is 66.7 Å². The van der Waals surface area contributed by atoms with E-state index in [2.05, 4.69) is 5.32 Å². The number of fused-ring (bicyclic) bond motifs is 2. The third-order valence-corrected chi connectivity index (χ3v) is 7.84. The number of nitrogens with one attached hydrogen (secondary N) is 1. The maximum Gasteiger partial charge on any atom is 0.269 e. The molecule has 0 radical (unpaired) electrons. The van der Waals surface area contributed by atoms with Crippen LogP contribution in [0.3, 0.4) is 0 Å². The minimum atomic E-state index is -1.24. The Morgan fingerprint density at radius 1 is 1.03 bits per heavy atom. The molecule has 1 saturated heterocycles. The predicted octanol–water partition coefficient (Wildman–Crippen LogP) is 4.87. The molecule has 34 heavy (non-hydrogen) atoms. The van der Waals surface area contributed by atoms with Gasteiger partial charge in [-0.3, -0.25) is 24.2 Å². The van der Waals surface area contributed by atoms with Gasteiger partial charge in [0, 0.05) is 22.0 Å². The number of amides is 3. The molecule has 3 aromatic rings. The molecular weight excluding hydrogens is 470 g/mol. The SMILES string of the molecule is Cc1ccc(N2C(=O)CS[C@]23C(=O)N(CC(=O)Nc2cccc(Cl)c2)c2ccccc23)cc1C. The number of halogens is 1. The second-order valence-corrected chi connectivity index (χ2v) is 10.0. The summed E-state index contributed by atoms with van der Waals surface area (Å²) in [5.41, 5.74) is 4.71. The summed E-state index contributed by atoms with van der Waals surface area (Å²) in [6.07, 6.45) is 0. The molecule has 172 valence electrons. The van der Waals surface area contributed by atoms with E-state index in [1.54, 1.807) is 29.2 Å². The number of rotatable bonds is 4. The summed E-state index contributed by atoms with van der Waals surface area (Å²) < 4.78 is 0. The molecule has 0 bridgehead atoms. The molecule has 1 spiro atoms. The fourth-order valence-corrected chi connectivity index (χ4v) is 6.04. The fourth-order valence-electron chi connectivity index (χ4n) is 4.49. The zero-order valence-corrected chi connectivity index (χ0v) is 20.2. The molecule has 6 nitrogen and oxygen atoms in total. The van der Waals surface area contributed by atoms with E-state index < -0.39 is 4.87 Å². The first-order chi connectivity index (χ1) is 16.3. The van der Waals surface area contributed by atoms with E-state index >= 15 is 0 Å². The largest absolute Gasteiger partial charge is 0.324 e. The van der Waals surface area contributed by atoms with Crippen molar-refractivity contribution < 1.29 is 14.4 Å². The van der Waals surface area contributed by atoms with Gasteiger partial charge < -0.3 is 5.32 Å². The molecule has 2 aliphatic rings. The first kappa shape index (κ1) is 22.5. The third kappa shape index (κ3) is 3.56. The molecule has 3 aromatic carbocycles. The van der Waals surface area contributed by atoms with Crippen molar-refractivity contribution in [3.05, 3.63) is 88.4 Å². The fraction of sp³-hybridized carbons (Fsp3) is 0.192. The van der Waals surface area contributed by atoms with Crippen LogP contribution in [-0.4, -0.2) is 30.0 Å². The van der Waals surface area contributed by atoms with Crippen molar-refractivity contribution in [2.24, 2.45) is 0 Å². The molecule has 3 amide bonds. The van der Waals surface area contributed by atoms with Crippen LogP contribution in [0.5, 0.6) is 0 Å². The Labute approximate surface area is 206 Å². The maximum atomic E-state index is 14.0. The Morgan fingerprint density at radius 2 is 1.82 bits per heavy atom. The van der Waals surface area contributed by atoms with Crippen molar-refractivity contribution in [2.75, 3.05) is 27.4 Å². The van der Waals surface area contributed by atoms with Crippen LogP contribution in [0.2, 0.25) is 5.02 Å². The maximum absolute atomic E-state index is 14.0. The molecule has 0 aliphatic carbocycles. The quantitative estimate of drug-likeness (QED) is 0.565. The van der Waals surface area contributed by atoms with Gasteiger partial charge in [-0.05, 0) is 61.4 Å². The number of thioether (sulfide) groups is 1. The summed E-state index contributed by atoms with van der Waals surface area (Å²) in [6.45, 7) is 3.81. The molecule has 8 heteroatoms. The summed E-state index contributed by atoms with van der Waals surface area (Å²) in [5, 5.41) is 3.30. The lowest BCUT2D eigenvalue weighted by Crippen LogP contribution is -2.50. The van der Waals surface area contributed by atoms with E-state index in [0.29, 0.717) is 27.6 Å². The van der Waals surface area contributed by atoms with Crippen LogP contribution in [0.1, 0.15) is 16.7 Å². The van der Waals surface area contributed by atoms with Crippen molar-refractivity contribution >= 4 is 58.1 Å². The van der Waals surface area contributed by atoms with E-state index in [4.69, 9.17) is 11.6 Å². The second-order valence-electron chi connectivity index (χ2n) is 8.40. The summed E-state index contributed by atoms with van der Waals surface area (Å²) in [4.78, 5) is 41.9. The standard InChI is InChI=1S/C26H22ClN3O3S/c1-16-10-11-20(12-17(16)2)30-24(32)15-34-26(30)21-8-3-4-9-22(21)29(25(26)33)14-23(31)28-19-7-5-6-18(27)13-19/h3-13H,14-15H2,1-2H3,(H,28,31)/t26-/m1/s1. The van der Waals surface area contributed by atoms with Crippen molar-refractivity contribution in [3.8, 4) is 0 Å². The summed E-state index contributed by atoms with van der Waals surface area (Å²) in [6, 6.07) is 20.0. The number of para-hydroxylation sites is 1. The number of nitrogens with zero attached hydrogens (tertiary/aromatic N) is 2. The Bertz CT molecular complexity index is 1340. The van der Waals surface area contributed by atoms with Gasteiger partial charge in [0.25, 0.3) is 5.91 Å². The van der Waals surface area contributed by atoms with Crippen LogP contribution in [-0.2, 0) is 19.3 Å². The van der Waals surface area contributed by atoms with Crippen molar-refractivity contribution in [2.45, 2.75) is 18.7 Å². The van der Waals surface area contributed by atoms with E-state index in [0.717, 1.165) is 11.1 Å². The Balaban J connectivity index is 1.53. The zero-order chi connectivity index (χ0) is 24.0. The van der Waals surface area contributed by atoms with Gasteiger partial charge in [0.15, 0.2) is 0 Å². The molecule has 1 N–H and O–H groups in total. The third-order valence-electron chi connectivity index (χ3n) is 6.22. The van der Waals surface area contributed by atoms with E-state index in [9.17, 15) is 14.4 Å². The average Bonchev–Trinajstić information content (AvgIpc) is 3.27. The van der Waals surface area contributed by atoms with Crippen LogP contribution in [0.4, 0.5) is 17.1 Å². The number of carbonyl (C=O) groups is 3. The van der Waals surface area contributed by atoms with Gasteiger partial charge in [-0.1, -0.05) is 41.9 Å². The average molecular weight is 492 g/mol. The van der Waals surface area contributed by atoms with Gasteiger partial charge in [0.1, 0.15) is 6.54 Å². The highest BCUT2D eigenvalue weighted by molar-refractivity contribution is 8.02. The van der Waals surface area contributed by atoms with Gasteiger partial charge in [-0.15, -0.1) is 11.8 Å². The Morgan fingerprint density at radius 3 is 2.59 bits per heavy atom. The topological polar surface area (TPSA) is 69.7 Å². The van der Waals surface area contributed by atoms with Crippen LogP contribution < -0.4 is 15.1 Å². The van der Waals surface area contributed by atoms with E-state index in [-0.39, 0.29) is 30.0 Å². The van der Waals surface area contributed by atoms with Crippen LogP contribution >= 0.6 is 23.4 Å². The number of benzene rings is 3. The van der Waals surface area contributed by atoms with Gasteiger partial charge >= 0.3 is 0 Å². The molecule has 1 atom stereocenters. The van der Waals surface area contributed by atoms with Crippen molar-refractivity contribution in [3.63, 3.8) is 0 Å². The highest BCUT2D eigenvalue weighted by Gasteiger charge is 2.61. The smallest absolute Gasteiger partial charge is 0.269 e. The minimum Gasteiger partial charge on any atom is -0.324 e. The first-order valence-electron chi connectivity index (χ1n) is 10.8. The normalized spacial score (nSPS) is 19.1. The van der Waals surface area contributed by atoms with Crippen LogP contribution in [0, 0.1) is 13.8 Å². The van der Waals surface area contributed by atoms with Crippen LogP contribution in [0.25, 0.3) is 0 Å². The number of carbonyl (C=O) groups excluding carboxylic acids is 3. The molecule has 5 rings (SSSR count).